The second kappa shape index (κ2) is 3.08. The van der Waals surface area contributed by atoms with E-state index >= 15 is 0 Å². The first-order valence-electron chi connectivity index (χ1n) is 4.71. The molecule has 13 heavy (non-hydrogen) atoms. The predicted octanol–water partition coefficient (Wildman–Crippen LogP) is 1.40. The van der Waals surface area contributed by atoms with E-state index in [2.05, 4.69) is 13.0 Å². The Bertz CT molecular complexity index is 321. The molecule has 1 aromatic rings. The molecular formula is C10H15NOS. The number of thiophene rings is 1. The number of aliphatic hydroxyl groups is 1. The zero-order valence-corrected chi connectivity index (χ0v) is 8.66. The van der Waals surface area contributed by atoms with E-state index in [0.717, 1.165) is 19.3 Å². The normalized spacial score (nSPS) is 26.4. The van der Waals surface area contributed by atoms with Gasteiger partial charge < -0.3 is 10.8 Å². The van der Waals surface area contributed by atoms with Crippen LogP contribution in [0.15, 0.2) is 6.07 Å². The maximum absolute atomic E-state index is 9.23. The third-order valence-corrected chi connectivity index (χ3v) is 4.16. The van der Waals surface area contributed by atoms with Gasteiger partial charge in [-0.3, -0.25) is 0 Å². The van der Waals surface area contributed by atoms with Gasteiger partial charge in [0.1, 0.15) is 0 Å². The maximum Gasteiger partial charge on any atom is 0.0658 e. The van der Waals surface area contributed by atoms with Crippen molar-refractivity contribution >= 4 is 11.3 Å². The molecule has 72 valence electrons. The lowest BCUT2D eigenvalue weighted by atomic mass is 9.95. The number of hydrogen-bond donors (Lipinski definition) is 2. The van der Waals surface area contributed by atoms with Crippen molar-refractivity contribution in [3.05, 3.63) is 21.4 Å². The summed E-state index contributed by atoms with van der Waals surface area (Å²) in [6.45, 7) is 2.22. The molecule has 1 aliphatic rings. The molecule has 1 aliphatic carbocycles. The highest BCUT2D eigenvalue weighted by molar-refractivity contribution is 7.12. The molecule has 0 radical (unpaired) electrons. The first-order valence-corrected chi connectivity index (χ1v) is 5.53. The van der Waals surface area contributed by atoms with Crippen LogP contribution in [0.4, 0.5) is 0 Å². The van der Waals surface area contributed by atoms with Crippen LogP contribution in [-0.4, -0.2) is 11.7 Å². The topological polar surface area (TPSA) is 46.2 Å². The van der Waals surface area contributed by atoms with E-state index in [9.17, 15) is 5.11 Å². The van der Waals surface area contributed by atoms with Crippen LogP contribution in [0.1, 0.15) is 28.7 Å². The number of aliphatic hydroxyl groups excluding tert-OH is 1. The van der Waals surface area contributed by atoms with E-state index in [1.807, 2.05) is 11.3 Å². The summed E-state index contributed by atoms with van der Waals surface area (Å²) in [7, 11) is 0. The Morgan fingerprint density at radius 1 is 1.69 bits per heavy atom. The third kappa shape index (κ3) is 1.31. The van der Waals surface area contributed by atoms with Crippen molar-refractivity contribution in [2.75, 3.05) is 6.61 Å². The van der Waals surface area contributed by atoms with Gasteiger partial charge in [0, 0.05) is 9.75 Å². The van der Waals surface area contributed by atoms with Crippen LogP contribution in [0.5, 0.6) is 0 Å². The van der Waals surface area contributed by atoms with E-state index in [0.29, 0.717) is 0 Å². The molecule has 0 spiro atoms. The molecule has 2 nitrogen and oxygen atoms in total. The summed E-state index contributed by atoms with van der Waals surface area (Å²) >= 11 is 1.85. The van der Waals surface area contributed by atoms with E-state index in [-0.39, 0.29) is 6.61 Å². The van der Waals surface area contributed by atoms with Gasteiger partial charge in [0.05, 0.1) is 12.1 Å². The predicted molar refractivity (Wildman–Crippen MR) is 55.0 cm³/mol. The second-order valence-corrected chi connectivity index (χ2v) is 4.94. The molecule has 3 N–H and O–H groups in total. The SMILES string of the molecule is CCc1cc2c(s1)CCC2(N)CO. The van der Waals surface area contributed by atoms with E-state index in [4.69, 9.17) is 5.73 Å². The molecule has 0 amide bonds. The van der Waals surface area contributed by atoms with Gasteiger partial charge in [-0.05, 0) is 30.9 Å². The fraction of sp³-hybridized carbons (Fsp3) is 0.600. The quantitative estimate of drug-likeness (QED) is 0.753. The molecule has 0 aromatic carbocycles. The standard InChI is InChI=1S/C10H15NOS/c1-2-7-5-8-9(13-7)3-4-10(8,11)6-12/h5,12H,2-4,6,11H2,1H3. The van der Waals surface area contributed by atoms with Gasteiger partial charge in [0.15, 0.2) is 0 Å². The summed E-state index contributed by atoms with van der Waals surface area (Å²) in [6, 6.07) is 2.17. The summed E-state index contributed by atoms with van der Waals surface area (Å²) in [6.07, 6.45) is 3.00. The Balaban J connectivity index is 2.41. The maximum atomic E-state index is 9.23. The van der Waals surface area contributed by atoms with Crippen molar-refractivity contribution in [2.24, 2.45) is 5.73 Å². The largest absolute Gasteiger partial charge is 0.394 e. The van der Waals surface area contributed by atoms with Gasteiger partial charge >= 0.3 is 0 Å². The van der Waals surface area contributed by atoms with E-state index in [1.54, 1.807) is 0 Å². The van der Waals surface area contributed by atoms with Crippen LogP contribution in [0.2, 0.25) is 0 Å². The van der Waals surface area contributed by atoms with Crippen LogP contribution < -0.4 is 5.73 Å². The lowest BCUT2D eigenvalue weighted by Gasteiger charge is -2.20. The van der Waals surface area contributed by atoms with E-state index < -0.39 is 5.54 Å². The summed E-state index contributed by atoms with van der Waals surface area (Å²) in [5, 5.41) is 9.23. The first-order chi connectivity index (χ1) is 6.19. The molecule has 2 rings (SSSR count). The molecule has 1 aromatic heterocycles. The van der Waals surface area contributed by atoms with Crippen LogP contribution >= 0.6 is 11.3 Å². The van der Waals surface area contributed by atoms with Gasteiger partial charge in [0.2, 0.25) is 0 Å². The highest BCUT2D eigenvalue weighted by Gasteiger charge is 2.35. The Morgan fingerprint density at radius 3 is 3.08 bits per heavy atom. The fourth-order valence-electron chi connectivity index (χ4n) is 1.90. The van der Waals surface area contributed by atoms with Crippen molar-refractivity contribution in [3.63, 3.8) is 0 Å². The Kier molecular flexibility index (Phi) is 2.18. The number of rotatable bonds is 2. The van der Waals surface area contributed by atoms with Gasteiger partial charge in [0.25, 0.3) is 0 Å². The van der Waals surface area contributed by atoms with Crippen molar-refractivity contribution in [2.45, 2.75) is 31.7 Å². The average molecular weight is 197 g/mol. The number of hydrogen-bond acceptors (Lipinski definition) is 3. The molecule has 0 bridgehead atoms. The molecular weight excluding hydrogens is 182 g/mol. The zero-order valence-electron chi connectivity index (χ0n) is 7.84. The third-order valence-electron chi connectivity index (χ3n) is 2.83. The Labute approximate surface area is 82.4 Å². The second-order valence-electron chi connectivity index (χ2n) is 3.72. The van der Waals surface area contributed by atoms with Crippen LogP contribution in [0.25, 0.3) is 0 Å². The summed E-state index contributed by atoms with van der Waals surface area (Å²) in [5.74, 6) is 0. The number of nitrogens with two attached hydrogens (primary N) is 1. The molecule has 0 saturated heterocycles. The van der Waals surface area contributed by atoms with Crippen molar-refractivity contribution in [1.29, 1.82) is 0 Å². The highest BCUT2D eigenvalue weighted by Crippen LogP contribution is 2.39. The fourth-order valence-corrected chi connectivity index (χ4v) is 3.11. The molecule has 0 fully saturated rings. The van der Waals surface area contributed by atoms with Crippen LogP contribution in [-0.2, 0) is 18.4 Å². The zero-order chi connectivity index (χ0) is 9.47. The van der Waals surface area contributed by atoms with Crippen LogP contribution in [0, 0.1) is 0 Å². The molecule has 1 heterocycles. The lowest BCUT2D eigenvalue weighted by molar-refractivity contribution is 0.197. The molecule has 1 unspecified atom stereocenters. The Morgan fingerprint density at radius 2 is 2.46 bits per heavy atom. The van der Waals surface area contributed by atoms with Gasteiger partial charge in [-0.1, -0.05) is 6.92 Å². The van der Waals surface area contributed by atoms with Crippen molar-refractivity contribution in [3.8, 4) is 0 Å². The average Bonchev–Trinajstić information content (AvgIpc) is 2.67. The molecule has 3 heteroatoms. The van der Waals surface area contributed by atoms with Gasteiger partial charge in [-0.2, -0.15) is 0 Å². The van der Waals surface area contributed by atoms with E-state index in [1.165, 1.54) is 15.3 Å². The molecule has 0 saturated carbocycles. The minimum Gasteiger partial charge on any atom is -0.394 e. The summed E-state index contributed by atoms with van der Waals surface area (Å²) < 4.78 is 0. The molecule has 0 aliphatic heterocycles. The highest BCUT2D eigenvalue weighted by atomic mass is 32.1. The van der Waals surface area contributed by atoms with Crippen molar-refractivity contribution in [1.82, 2.24) is 0 Å². The lowest BCUT2D eigenvalue weighted by Crippen LogP contribution is -2.37. The van der Waals surface area contributed by atoms with Crippen molar-refractivity contribution < 1.29 is 5.11 Å². The number of aryl methyl sites for hydroxylation is 2. The number of fused-ring (bicyclic) bond motifs is 1. The van der Waals surface area contributed by atoms with Crippen LogP contribution in [0.3, 0.4) is 0 Å². The summed E-state index contributed by atoms with van der Waals surface area (Å²) in [4.78, 5) is 2.77. The molecule has 1 atom stereocenters. The first kappa shape index (κ1) is 9.19. The van der Waals surface area contributed by atoms with Gasteiger partial charge in [-0.25, -0.2) is 0 Å². The monoisotopic (exact) mass is 197 g/mol. The minimum atomic E-state index is -0.445. The Hall–Kier alpha value is -0.380. The summed E-state index contributed by atoms with van der Waals surface area (Å²) in [5.41, 5.74) is 6.84. The van der Waals surface area contributed by atoms with Gasteiger partial charge in [-0.15, -0.1) is 11.3 Å². The smallest absolute Gasteiger partial charge is 0.0658 e. The minimum absolute atomic E-state index is 0.0693.